The average molecular weight is 493 g/mol. The van der Waals surface area contributed by atoms with Crippen LogP contribution in [0.2, 0.25) is 0 Å². The summed E-state index contributed by atoms with van der Waals surface area (Å²) in [6, 6.07) is 8.37. The first-order valence-corrected chi connectivity index (χ1v) is 9.97. The number of carbonyl (C=O) groups excluding carboxylic acids is 2. The third-order valence-corrected chi connectivity index (χ3v) is 4.91. The van der Waals surface area contributed by atoms with Crippen LogP contribution in [0.1, 0.15) is 18.1 Å². The van der Waals surface area contributed by atoms with E-state index in [2.05, 4.69) is 21.2 Å². The van der Waals surface area contributed by atoms with Crippen LogP contribution in [0.5, 0.6) is 11.5 Å². The van der Waals surface area contributed by atoms with Crippen LogP contribution in [0.4, 0.5) is 9.18 Å². The molecule has 0 spiro atoms. The lowest BCUT2D eigenvalue weighted by atomic mass is 10.1. The van der Waals surface area contributed by atoms with E-state index in [1.165, 1.54) is 18.2 Å². The van der Waals surface area contributed by atoms with E-state index in [1.54, 1.807) is 31.2 Å². The number of nitrogens with one attached hydrogen (secondary N) is 1. The zero-order chi connectivity index (χ0) is 22.5. The number of carbonyl (C=O) groups is 3. The normalized spacial score (nSPS) is 14.7. The first kappa shape index (κ1) is 22.3. The number of halogens is 2. The number of aliphatic carboxylic acids is 1. The van der Waals surface area contributed by atoms with Crippen molar-refractivity contribution in [3.63, 3.8) is 0 Å². The monoisotopic (exact) mass is 492 g/mol. The number of carboxylic acid groups (broad SMARTS) is 1. The number of imide groups is 1. The van der Waals surface area contributed by atoms with Gasteiger partial charge in [-0.05, 0) is 48.4 Å². The number of rotatable bonds is 8. The van der Waals surface area contributed by atoms with Gasteiger partial charge in [0.1, 0.15) is 24.7 Å². The Balaban J connectivity index is 1.85. The molecule has 0 radical (unpaired) electrons. The second-order valence-corrected chi connectivity index (χ2v) is 7.30. The maximum atomic E-state index is 13.1. The molecule has 8 nitrogen and oxygen atoms in total. The summed E-state index contributed by atoms with van der Waals surface area (Å²) in [5.41, 5.74) is 1.22. The minimum atomic E-state index is -1.30. The minimum absolute atomic E-state index is 0.0608. The van der Waals surface area contributed by atoms with E-state index < -0.39 is 24.5 Å². The summed E-state index contributed by atoms with van der Waals surface area (Å²) in [6.07, 6.45) is 1.42. The number of nitrogens with zero attached hydrogens (tertiary/aromatic N) is 1. The zero-order valence-electron chi connectivity index (χ0n) is 16.4. The minimum Gasteiger partial charge on any atom is -0.490 e. The molecule has 3 rings (SSSR count). The van der Waals surface area contributed by atoms with Crippen molar-refractivity contribution in [1.82, 2.24) is 10.2 Å². The highest BCUT2D eigenvalue weighted by molar-refractivity contribution is 9.10. The zero-order valence-corrected chi connectivity index (χ0v) is 17.9. The van der Waals surface area contributed by atoms with Crippen LogP contribution in [-0.4, -0.2) is 41.1 Å². The van der Waals surface area contributed by atoms with Crippen LogP contribution < -0.4 is 14.8 Å². The van der Waals surface area contributed by atoms with Gasteiger partial charge in [-0.3, -0.25) is 9.59 Å². The van der Waals surface area contributed by atoms with Crippen molar-refractivity contribution in [2.24, 2.45) is 0 Å². The standard InChI is InChI=1S/C21H18BrFN2O6/c1-2-30-17-8-13(7-16-20(28)25(10-19(26)27)21(29)24-16)15(22)9-18(17)31-11-12-3-5-14(23)6-4-12/h3-9H,2,10-11H2,1H3,(H,24,29)(H,26,27)/b16-7+. The number of hydrogen-bond acceptors (Lipinski definition) is 5. The predicted molar refractivity (Wildman–Crippen MR) is 112 cm³/mol. The van der Waals surface area contributed by atoms with E-state index in [4.69, 9.17) is 14.6 Å². The molecule has 1 aliphatic rings. The van der Waals surface area contributed by atoms with Gasteiger partial charge in [0.25, 0.3) is 5.91 Å². The van der Waals surface area contributed by atoms with E-state index >= 15 is 0 Å². The van der Waals surface area contributed by atoms with E-state index in [9.17, 15) is 18.8 Å². The van der Waals surface area contributed by atoms with Crippen molar-refractivity contribution in [1.29, 1.82) is 0 Å². The lowest BCUT2D eigenvalue weighted by molar-refractivity contribution is -0.140. The summed E-state index contributed by atoms with van der Waals surface area (Å²) in [7, 11) is 0. The highest BCUT2D eigenvalue weighted by Gasteiger charge is 2.35. The Hall–Kier alpha value is -3.40. The molecule has 0 unspecified atom stereocenters. The van der Waals surface area contributed by atoms with E-state index in [1.807, 2.05) is 0 Å². The van der Waals surface area contributed by atoms with Gasteiger partial charge in [0.15, 0.2) is 11.5 Å². The molecule has 2 N–H and O–H groups in total. The molecule has 1 heterocycles. The van der Waals surface area contributed by atoms with Crippen LogP contribution in [0.25, 0.3) is 6.08 Å². The molecular formula is C21H18BrFN2O6. The van der Waals surface area contributed by atoms with Gasteiger partial charge in [0.05, 0.1) is 6.61 Å². The summed E-state index contributed by atoms with van der Waals surface area (Å²) >= 11 is 3.40. The van der Waals surface area contributed by atoms with Crippen LogP contribution in [0.3, 0.4) is 0 Å². The van der Waals surface area contributed by atoms with Crippen LogP contribution in [-0.2, 0) is 16.2 Å². The highest BCUT2D eigenvalue weighted by atomic mass is 79.9. The third kappa shape index (κ3) is 5.40. The van der Waals surface area contributed by atoms with Crippen molar-refractivity contribution in [2.45, 2.75) is 13.5 Å². The largest absolute Gasteiger partial charge is 0.490 e. The lowest BCUT2D eigenvalue weighted by Crippen LogP contribution is -2.35. The SMILES string of the molecule is CCOc1cc(/C=C2/NC(=O)N(CC(=O)O)C2=O)c(Br)cc1OCc1ccc(F)cc1. The molecule has 1 fully saturated rings. The summed E-state index contributed by atoms with van der Waals surface area (Å²) in [6.45, 7) is 1.61. The molecular weight excluding hydrogens is 475 g/mol. The third-order valence-electron chi connectivity index (χ3n) is 4.23. The fraction of sp³-hybridized carbons (Fsp3) is 0.190. The Bertz CT molecular complexity index is 1050. The molecule has 2 aromatic carbocycles. The van der Waals surface area contributed by atoms with Gasteiger partial charge >= 0.3 is 12.0 Å². The van der Waals surface area contributed by atoms with Gasteiger partial charge in [-0.25, -0.2) is 14.1 Å². The maximum Gasteiger partial charge on any atom is 0.329 e. The molecule has 1 aliphatic heterocycles. The molecule has 2 aromatic rings. The second-order valence-electron chi connectivity index (χ2n) is 6.44. The van der Waals surface area contributed by atoms with Crippen LogP contribution in [0.15, 0.2) is 46.6 Å². The molecule has 162 valence electrons. The Kier molecular flexibility index (Phi) is 6.91. The maximum absolute atomic E-state index is 13.1. The van der Waals surface area contributed by atoms with E-state index in [-0.39, 0.29) is 18.1 Å². The number of hydrogen-bond donors (Lipinski definition) is 2. The summed E-state index contributed by atoms with van der Waals surface area (Å²) in [4.78, 5) is 35.7. The Morgan fingerprint density at radius 1 is 1.19 bits per heavy atom. The summed E-state index contributed by atoms with van der Waals surface area (Å²) in [5.74, 6) is -1.55. The van der Waals surface area contributed by atoms with E-state index in [0.717, 1.165) is 5.56 Å². The first-order valence-electron chi connectivity index (χ1n) is 9.18. The van der Waals surface area contributed by atoms with Crippen molar-refractivity contribution < 1.29 is 33.4 Å². The quantitative estimate of drug-likeness (QED) is 0.431. The number of amides is 3. The van der Waals surface area contributed by atoms with E-state index in [0.29, 0.717) is 33.0 Å². The molecule has 0 bridgehead atoms. The number of benzene rings is 2. The molecule has 0 aromatic heterocycles. The van der Waals surface area contributed by atoms with Crippen molar-refractivity contribution in [2.75, 3.05) is 13.2 Å². The fourth-order valence-corrected chi connectivity index (χ4v) is 3.23. The molecule has 31 heavy (non-hydrogen) atoms. The molecule has 0 aliphatic carbocycles. The number of ether oxygens (including phenoxy) is 2. The number of urea groups is 1. The van der Waals surface area contributed by atoms with Gasteiger partial charge in [0.2, 0.25) is 0 Å². The lowest BCUT2D eigenvalue weighted by Gasteiger charge is -2.14. The van der Waals surface area contributed by atoms with Gasteiger partial charge in [0, 0.05) is 4.47 Å². The highest BCUT2D eigenvalue weighted by Crippen LogP contribution is 2.35. The van der Waals surface area contributed by atoms with Gasteiger partial charge < -0.3 is 19.9 Å². The molecule has 0 atom stereocenters. The topological polar surface area (TPSA) is 105 Å². The van der Waals surface area contributed by atoms with Crippen molar-refractivity contribution >= 4 is 39.9 Å². The van der Waals surface area contributed by atoms with Gasteiger partial charge in [-0.1, -0.05) is 28.1 Å². The fourth-order valence-electron chi connectivity index (χ4n) is 2.79. The Labute approximate surface area is 185 Å². The van der Waals surface area contributed by atoms with Gasteiger partial charge in [-0.2, -0.15) is 0 Å². The second kappa shape index (κ2) is 9.61. The van der Waals surface area contributed by atoms with Crippen molar-refractivity contribution in [3.8, 4) is 11.5 Å². The predicted octanol–water partition coefficient (Wildman–Crippen LogP) is 3.54. The Morgan fingerprint density at radius 2 is 1.87 bits per heavy atom. The van der Waals surface area contributed by atoms with Crippen molar-refractivity contribution in [3.05, 3.63) is 63.5 Å². The smallest absolute Gasteiger partial charge is 0.329 e. The molecule has 0 saturated carbocycles. The van der Waals surface area contributed by atoms with Crippen LogP contribution in [0, 0.1) is 5.82 Å². The number of carboxylic acids is 1. The Morgan fingerprint density at radius 3 is 2.52 bits per heavy atom. The summed E-state index contributed by atoms with van der Waals surface area (Å²) < 4.78 is 25.1. The van der Waals surface area contributed by atoms with Gasteiger partial charge in [-0.15, -0.1) is 0 Å². The van der Waals surface area contributed by atoms with Crippen LogP contribution >= 0.6 is 15.9 Å². The average Bonchev–Trinajstić information content (AvgIpc) is 2.97. The first-order chi connectivity index (χ1) is 14.8. The molecule has 1 saturated heterocycles. The molecule has 3 amide bonds. The summed E-state index contributed by atoms with van der Waals surface area (Å²) in [5, 5.41) is 11.2. The molecule has 10 heteroatoms.